The molecule has 1 aliphatic heterocycles. The minimum atomic E-state index is -0.975. The van der Waals surface area contributed by atoms with Gasteiger partial charge in [-0.25, -0.2) is 0 Å². The zero-order valence-corrected chi connectivity index (χ0v) is 11.3. The molecular weight excluding hydrogens is 276 g/mol. The van der Waals surface area contributed by atoms with Gasteiger partial charge in [-0.15, -0.1) is 0 Å². The Hall–Kier alpha value is -2.41. The maximum Gasteiger partial charge on any atom is 0.303 e. The first-order chi connectivity index (χ1) is 9.97. The van der Waals surface area contributed by atoms with Crippen LogP contribution in [0.4, 0.5) is 11.4 Å². The van der Waals surface area contributed by atoms with Gasteiger partial charge in [0, 0.05) is 31.4 Å². The molecule has 7 nitrogen and oxygen atoms in total. The number of carboxylic acids is 1. The minimum absolute atomic E-state index is 0.0835. The lowest BCUT2D eigenvalue weighted by molar-refractivity contribution is -0.137. The number of carbonyl (C=O) groups excluding carboxylic acids is 2. The average Bonchev–Trinajstić information content (AvgIpc) is 2.77. The third-order valence-corrected chi connectivity index (χ3v) is 3.14. The molecule has 3 N–H and O–H groups in total. The van der Waals surface area contributed by atoms with Crippen molar-refractivity contribution < 1.29 is 24.6 Å². The first-order valence-corrected chi connectivity index (χ1v) is 6.59. The summed E-state index contributed by atoms with van der Waals surface area (Å²) < 4.78 is 0. The normalized spacial score (nSPS) is 16.1. The third kappa shape index (κ3) is 3.79. The Labute approximate surface area is 121 Å². The molecule has 2 amide bonds. The Bertz CT molecular complexity index is 539. The molecular formula is C14H16N2O5. The van der Waals surface area contributed by atoms with Crippen molar-refractivity contribution in [2.75, 3.05) is 10.2 Å². The molecule has 1 aromatic carbocycles. The number of benzene rings is 1. The molecule has 1 aromatic rings. The van der Waals surface area contributed by atoms with E-state index in [1.54, 1.807) is 24.3 Å². The van der Waals surface area contributed by atoms with Gasteiger partial charge in [0.05, 0.1) is 5.69 Å². The standard InChI is InChI=1S/C14H16N2O5/c17-11(5-8-14(20)21)15-9-1-3-10(4-2-9)16-12(18)6-7-13(16)19/h1-4,11,15,17H,5-8H2,(H,20,21)/t11-/m0/s1. The number of carboxylic acid groups (broad SMARTS) is 1. The summed E-state index contributed by atoms with van der Waals surface area (Å²) in [6.45, 7) is 0. The number of aliphatic carboxylic acids is 1. The smallest absolute Gasteiger partial charge is 0.303 e. The highest BCUT2D eigenvalue weighted by molar-refractivity contribution is 6.19. The minimum Gasteiger partial charge on any atom is -0.481 e. The lowest BCUT2D eigenvalue weighted by Gasteiger charge is -2.16. The maximum absolute atomic E-state index is 11.6. The van der Waals surface area contributed by atoms with Crippen molar-refractivity contribution in [3.63, 3.8) is 0 Å². The molecule has 2 rings (SSSR count). The van der Waals surface area contributed by atoms with Crippen molar-refractivity contribution in [3.05, 3.63) is 24.3 Å². The zero-order valence-electron chi connectivity index (χ0n) is 11.3. The van der Waals surface area contributed by atoms with Crippen LogP contribution < -0.4 is 10.2 Å². The van der Waals surface area contributed by atoms with E-state index in [9.17, 15) is 19.5 Å². The molecule has 0 radical (unpaired) electrons. The van der Waals surface area contributed by atoms with Crippen LogP contribution in [0.25, 0.3) is 0 Å². The van der Waals surface area contributed by atoms with E-state index in [0.717, 1.165) is 4.90 Å². The SMILES string of the molecule is O=C(O)CC[C@H](O)Nc1ccc(N2C(=O)CCC2=O)cc1. The van der Waals surface area contributed by atoms with Crippen molar-refractivity contribution in [2.24, 2.45) is 0 Å². The van der Waals surface area contributed by atoms with E-state index in [1.807, 2.05) is 0 Å². The second-order valence-electron chi connectivity index (χ2n) is 4.76. The van der Waals surface area contributed by atoms with E-state index in [4.69, 9.17) is 5.11 Å². The number of aliphatic hydroxyl groups is 1. The fourth-order valence-electron chi connectivity index (χ4n) is 2.10. The van der Waals surface area contributed by atoms with Crippen LogP contribution in [0.5, 0.6) is 0 Å². The second kappa shape index (κ2) is 6.36. The first kappa shape index (κ1) is 15.0. The number of hydrogen-bond donors (Lipinski definition) is 3. The van der Waals surface area contributed by atoms with Gasteiger partial charge in [-0.1, -0.05) is 0 Å². The van der Waals surface area contributed by atoms with Crippen molar-refractivity contribution >= 4 is 29.2 Å². The van der Waals surface area contributed by atoms with Crippen LogP contribution in [0.15, 0.2) is 24.3 Å². The lowest BCUT2D eigenvalue weighted by atomic mass is 10.2. The highest BCUT2D eigenvalue weighted by Crippen LogP contribution is 2.24. The average molecular weight is 292 g/mol. The number of nitrogens with zero attached hydrogens (tertiary/aromatic N) is 1. The second-order valence-corrected chi connectivity index (χ2v) is 4.76. The van der Waals surface area contributed by atoms with Gasteiger partial charge in [0.15, 0.2) is 0 Å². The van der Waals surface area contributed by atoms with Gasteiger partial charge >= 0.3 is 5.97 Å². The summed E-state index contributed by atoms with van der Waals surface area (Å²) in [4.78, 5) is 34.7. The summed E-state index contributed by atoms with van der Waals surface area (Å²) in [6.07, 6.45) is -0.565. The molecule has 1 aliphatic rings. The number of anilines is 2. The predicted octanol–water partition coefficient (Wildman–Crippen LogP) is 0.935. The molecule has 0 spiro atoms. The number of hydrogen-bond acceptors (Lipinski definition) is 5. The van der Waals surface area contributed by atoms with E-state index in [0.29, 0.717) is 11.4 Å². The van der Waals surface area contributed by atoms with Crippen molar-refractivity contribution in [2.45, 2.75) is 31.9 Å². The topological polar surface area (TPSA) is 107 Å². The van der Waals surface area contributed by atoms with E-state index in [2.05, 4.69) is 5.32 Å². The van der Waals surface area contributed by atoms with Crippen LogP contribution in [-0.2, 0) is 14.4 Å². The van der Waals surface area contributed by atoms with Crippen LogP contribution in [0, 0.1) is 0 Å². The van der Waals surface area contributed by atoms with Gasteiger partial charge in [-0.05, 0) is 24.3 Å². The fourth-order valence-corrected chi connectivity index (χ4v) is 2.10. The molecule has 0 bridgehead atoms. The van der Waals surface area contributed by atoms with Crippen LogP contribution >= 0.6 is 0 Å². The molecule has 0 aromatic heterocycles. The number of rotatable bonds is 6. The van der Waals surface area contributed by atoms with Crippen molar-refractivity contribution in [3.8, 4) is 0 Å². The van der Waals surface area contributed by atoms with Crippen LogP contribution in [0.2, 0.25) is 0 Å². The van der Waals surface area contributed by atoms with Crippen molar-refractivity contribution in [1.29, 1.82) is 0 Å². The van der Waals surface area contributed by atoms with Crippen LogP contribution in [-0.4, -0.2) is 34.2 Å². The van der Waals surface area contributed by atoms with Gasteiger partial charge in [0.2, 0.25) is 11.8 Å². The number of amides is 2. The number of nitrogens with one attached hydrogen (secondary N) is 1. The molecule has 1 fully saturated rings. The summed E-state index contributed by atoms with van der Waals surface area (Å²) in [6, 6.07) is 6.46. The predicted molar refractivity (Wildman–Crippen MR) is 74.7 cm³/mol. The molecule has 1 saturated heterocycles. The Morgan fingerprint density at radius 3 is 2.29 bits per heavy atom. The van der Waals surface area contributed by atoms with Gasteiger partial charge in [-0.3, -0.25) is 19.3 Å². The van der Waals surface area contributed by atoms with Gasteiger partial charge in [-0.2, -0.15) is 0 Å². The van der Waals surface area contributed by atoms with Gasteiger partial charge < -0.3 is 15.5 Å². The van der Waals surface area contributed by atoms with Crippen LogP contribution in [0.3, 0.4) is 0 Å². The van der Waals surface area contributed by atoms with E-state index in [-0.39, 0.29) is 37.5 Å². The summed E-state index contributed by atoms with van der Waals surface area (Å²) in [7, 11) is 0. The number of imide groups is 1. The highest BCUT2D eigenvalue weighted by atomic mass is 16.4. The number of aliphatic hydroxyl groups excluding tert-OH is 1. The third-order valence-electron chi connectivity index (χ3n) is 3.14. The van der Waals surface area contributed by atoms with Gasteiger partial charge in [0.25, 0.3) is 0 Å². The summed E-state index contributed by atoms with van der Waals surface area (Å²) in [5, 5.41) is 20.9. The lowest BCUT2D eigenvalue weighted by Crippen LogP contribution is -2.28. The Morgan fingerprint density at radius 2 is 1.76 bits per heavy atom. The molecule has 1 atom stereocenters. The first-order valence-electron chi connectivity index (χ1n) is 6.59. The Morgan fingerprint density at radius 1 is 1.19 bits per heavy atom. The summed E-state index contributed by atoms with van der Waals surface area (Å²) in [5.74, 6) is -1.42. The zero-order chi connectivity index (χ0) is 15.4. The van der Waals surface area contributed by atoms with Crippen LogP contribution in [0.1, 0.15) is 25.7 Å². The highest BCUT2D eigenvalue weighted by Gasteiger charge is 2.30. The van der Waals surface area contributed by atoms with Gasteiger partial charge in [0.1, 0.15) is 6.23 Å². The Kier molecular flexibility index (Phi) is 4.54. The monoisotopic (exact) mass is 292 g/mol. The Balaban J connectivity index is 1.97. The number of carbonyl (C=O) groups is 3. The summed E-state index contributed by atoms with van der Waals surface area (Å²) >= 11 is 0. The molecule has 0 aliphatic carbocycles. The van der Waals surface area contributed by atoms with Crippen molar-refractivity contribution in [1.82, 2.24) is 0 Å². The van der Waals surface area contributed by atoms with E-state index >= 15 is 0 Å². The molecule has 7 heteroatoms. The fraction of sp³-hybridized carbons (Fsp3) is 0.357. The molecule has 112 valence electrons. The largest absolute Gasteiger partial charge is 0.481 e. The molecule has 21 heavy (non-hydrogen) atoms. The molecule has 1 heterocycles. The summed E-state index contributed by atoms with van der Waals surface area (Å²) in [5.41, 5.74) is 1.07. The molecule has 0 saturated carbocycles. The molecule has 0 unspecified atom stereocenters. The quantitative estimate of drug-likeness (QED) is 0.532. The van der Waals surface area contributed by atoms with E-state index in [1.165, 1.54) is 0 Å². The van der Waals surface area contributed by atoms with E-state index < -0.39 is 12.2 Å². The maximum atomic E-state index is 11.6.